The maximum absolute atomic E-state index is 12.2. The number of H-pyrrole nitrogens is 1. The van der Waals surface area contributed by atoms with Crippen molar-refractivity contribution in [3.63, 3.8) is 0 Å². The van der Waals surface area contributed by atoms with E-state index < -0.39 is 0 Å². The Morgan fingerprint density at radius 3 is 2.57 bits per heavy atom. The molecular formula is C22H17Cl2N3O. The molecule has 2 N–H and O–H groups in total. The first-order valence-electron chi connectivity index (χ1n) is 8.87. The molecule has 0 aliphatic rings. The zero-order valence-corrected chi connectivity index (χ0v) is 16.6. The number of benzene rings is 2. The van der Waals surface area contributed by atoms with Crippen LogP contribution in [0.3, 0.4) is 0 Å². The first-order valence-corrected chi connectivity index (χ1v) is 9.63. The summed E-state index contributed by atoms with van der Waals surface area (Å²) < 4.78 is 0. The number of aromatic nitrogens is 2. The van der Waals surface area contributed by atoms with Gasteiger partial charge in [-0.15, -0.1) is 0 Å². The molecule has 140 valence electrons. The smallest absolute Gasteiger partial charge is 0.251 e. The number of halogens is 2. The summed E-state index contributed by atoms with van der Waals surface area (Å²) in [5.41, 5.74) is 5.13. The molecule has 0 aliphatic carbocycles. The monoisotopic (exact) mass is 409 g/mol. The van der Waals surface area contributed by atoms with Gasteiger partial charge < -0.3 is 10.3 Å². The summed E-state index contributed by atoms with van der Waals surface area (Å²) in [7, 11) is 0. The van der Waals surface area contributed by atoms with Crippen LogP contribution < -0.4 is 5.32 Å². The molecule has 2 heterocycles. The van der Waals surface area contributed by atoms with Gasteiger partial charge in [0.1, 0.15) is 5.65 Å². The van der Waals surface area contributed by atoms with Crippen molar-refractivity contribution < 1.29 is 4.79 Å². The summed E-state index contributed by atoms with van der Waals surface area (Å²) in [4.78, 5) is 19.9. The summed E-state index contributed by atoms with van der Waals surface area (Å²) >= 11 is 12.3. The van der Waals surface area contributed by atoms with E-state index in [-0.39, 0.29) is 5.91 Å². The minimum absolute atomic E-state index is 0.0865. The minimum atomic E-state index is -0.0865. The second kappa shape index (κ2) is 7.66. The lowest BCUT2D eigenvalue weighted by Gasteiger charge is -2.07. The van der Waals surface area contributed by atoms with Crippen LogP contribution in [0.4, 0.5) is 0 Å². The molecule has 6 heteroatoms. The molecule has 0 fully saturated rings. The summed E-state index contributed by atoms with van der Waals surface area (Å²) in [6.07, 6.45) is 3.69. The largest absolute Gasteiger partial charge is 0.352 e. The van der Waals surface area contributed by atoms with Gasteiger partial charge in [0.15, 0.2) is 0 Å². The third-order valence-corrected chi connectivity index (χ3v) is 4.94. The predicted octanol–water partition coefficient (Wildman–Crippen LogP) is 5.95. The maximum atomic E-state index is 12.2. The van der Waals surface area contributed by atoms with Gasteiger partial charge in [-0.1, -0.05) is 35.3 Å². The molecule has 28 heavy (non-hydrogen) atoms. The molecule has 0 saturated heterocycles. The van der Waals surface area contributed by atoms with E-state index in [0.29, 0.717) is 22.2 Å². The van der Waals surface area contributed by atoms with Gasteiger partial charge in [-0.3, -0.25) is 4.79 Å². The number of nitrogens with one attached hydrogen (secondary N) is 2. The van der Waals surface area contributed by atoms with Crippen LogP contribution in [0.15, 0.2) is 60.9 Å². The molecule has 0 unspecified atom stereocenters. The SMILES string of the molecule is CCNC(=O)c1cccc(-c2c[nH]c3ncc(-c4cc(Cl)cc(Cl)c4)cc23)c1. The topological polar surface area (TPSA) is 57.8 Å². The molecule has 4 aromatic rings. The number of pyridine rings is 1. The van der Waals surface area contributed by atoms with E-state index in [1.165, 1.54) is 0 Å². The van der Waals surface area contributed by atoms with E-state index >= 15 is 0 Å². The lowest BCUT2D eigenvalue weighted by Crippen LogP contribution is -2.22. The Labute approximate surface area is 172 Å². The van der Waals surface area contributed by atoms with E-state index in [9.17, 15) is 4.79 Å². The van der Waals surface area contributed by atoms with Gasteiger partial charge in [0.25, 0.3) is 5.91 Å². The van der Waals surface area contributed by atoms with Gasteiger partial charge in [0.2, 0.25) is 0 Å². The number of amides is 1. The lowest BCUT2D eigenvalue weighted by molar-refractivity contribution is 0.0956. The van der Waals surface area contributed by atoms with Crippen molar-refractivity contribution in [2.24, 2.45) is 0 Å². The highest BCUT2D eigenvalue weighted by Gasteiger charge is 2.12. The van der Waals surface area contributed by atoms with E-state index in [1.54, 1.807) is 18.3 Å². The normalized spacial score (nSPS) is 11.0. The first kappa shape index (κ1) is 18.5. The second-order valence-corrected chi connectivity index (χ2v) is 7.29. The Balaban J connectivity index is 1.81. The number of nitrogens with zero attached hydrogens (tertiary/aromatic N) is 1. The van der Waals surface area contributed by atoms with Crippen molar-refractivity contribution in [2.45, 2.75) is 6.92 Å². The lowest BCUT2D eigenvalue weighted by atomic mass is 10.0. The fraction of sp³-hybridized carbons (Fsp3) is 0.0909. The summed E-state index contributed by atoms with van der Waals surface area (Å²) in [6, 6.07) is 15.0. The van der Waals surface area contributed by atoms with Crippen LogP contribution in [0.1, 0.15) is 17.3 Å². The Bertz CT molecular complexity index is 1160. The molecule has 0 saturated carbocycles. The number of rotatable bonds is 4. The highest BCUT2D eigenvalue weighted by atomic mass is 35.5. The van der Waals surface area contributed by atoms with E-state index in [1.807, 2.05) is 43.5 Å². The van der Waals surface area contributed by atoms with Gasteiger partial charge in [-0.25, -0.2) is 4.98 Å². The van der Waals surface area contributed by atoms with Crippen LogP contribution in [0.5, 0.6) is 0 Å². The molecule has 2 aromatic heterocycles. The number of aromatic amines is 1. The van der Waals surface area contributed by atoms with Crippen molar-refractivity contribution in [3.8, 4) is 22.3 Å². The zero-order valence-electron chi connectivity index (χ0n) is 15.1. The van der Waals surface area contributed by atoms with E-state index in [4.69, 9.17) is 23.2 Å². The van der Waals surface area contributed by atoms with Gasteiger partial charge in [-0.05, 0) is 54.4 Å². The van der Waals surface area contributed by atoms with Crippen LogP contribution in [0.25, 0.3) is 33.3 Å². The molecule has 4 nitrogen and oxygen atoms in total. The van der Waals surface area contributed by atoms with Crippen LogP contribution in [-0.4, -0.2) is 22.4 Å². The van der Waals surface area contributed by atoms with E-state index in [2.05, 4.69) is 21.4 Å². The van der Waals surface area contributed by atoms with Crippen LogP contribution in [0, 0.1) is 0 Å². The average Bonchev–Trinajstić information content (AvgIpc) is 3.11. The number of carbonyl (C=O) groups is 1. The van der Waals surface area contributed by atoms with Crippen molar-refractivity contribution in [1.82, 2.24) is 15.3 Å². The van der Waals surface area contributed by atoms with Crippen LogP contribution >= 0.6 is 23.2 Å². The predicted molar refractivity (Wildman–Crippen MR) is 115 cm³/mol. The minimum Gasteiger partial charge on any atom is -0.352 e. The molecular weight excluding hydrogens is 393 g/mol. The van der Waals surface area contributed by atoms with Gasteiger partial charge in [0, 0.05) is 51.1 Å². The highest BCUT2D eigenvalue weighted by molar-refractivity contribution is 6.35. The highest BCUT2D eigenvalue weighted by Crippen LogP contribution is 2.33. The summed E-state index contributed by atoms with van der Waals surface area (Å²) in [5.74, 6) is -0.0865. The van der Waals surface area contributed by atoms with Crippen molar-refractivity contribution in [1.29, 1.82) is 0 Å². The molecule has 4 rings (SSSR count). The molecule has 1 amide bonds. The maximum Gasteiger partial charge on any atom is 0.251 e. The van der Waals surface area contributed by atoms with Crippen molar-refractivity contribution in [3.05, 3.63) is 76.5 Å². The third-order valence-electron chi connectivity index (χ3n) is 4.50. The van der Waals surface area contributed by atoms with Gasteiger partial charge in [0.05, 0.1) is 0 Å². The second-order valence-electron chi connectivity index (χ2n) is 6.42. The Hall–Kier alpha value is -2.82. The van der Waals surface area contributed by atoms with Crippen molar-refractivity contribution in [2.75, 3.05) is 6.54 Å². The Kier molecular flexibility index (Phi) is 5.07. The fourth-order valence-corrected chi connectivity index (χ4v) is 3.74. The van der Waals surface area contributed by atoms with Crippen molar-refractivity contribution >= 4 is 40.1 Å². The standard InChI is InChI=1S/C22H17Cl2N3O/c1-2-25-22(28)14-5-3-4-13(6-14)20-12-27-21-19(20)9-16(11-26-21)15-7-17(23)10-18(24)8-15/h3-12H,2H2,1H3,(H,25,28)(H,26,27). The molecule has 0 aliphatic heterocycles. The zero-order chi connectivity index (χ0) is 19.7. The number of fused-ring (bicyclic) bond motifs is 1. The number of hydrogen-bond donors (Lipinski definition) is 2. The van der Waals surface area contributed by atoms with Gasteiger partial charge in [-0.2, -0.15) is 0 Å². The quantitative estimate of drug-likeness (QED) is 0.437. The fourth-order valence-electron chi connectivity index (χ4n) is 3.21. The van der Waals surface area contributed by atoms with E-state index in [0.717, 1.165) is 33.3 Å². The van der Waals surface area contributed by atoms with Gasteiger partial charge >= 0.3 is 0 Å². The number of carbonyl (C=O) groups excluding carboxylic acids is 1. The average molecular weight is 410 g/mol. The molecule has 0 bridgehead atoms. The Morgan fingerprint density at radius 1 is 1.04 bits per heavy atom. The Morgan fingerprint density at radius 2 is 1.82 bits per heavy atom. The first-order chi connectivity index (χ1) is 13.5. The van der Waals surface area contributed by atoms with Crippen LogP contribution in [-0.2, 0) is 0 Å². The number of hydrogen-bond acceptors (Lipinski definition) is 2. The molecule has 0 spiro atoms. The third kappa shape index (κ3) is 3.61. The van der Waals surface area contributed by atoms with Crippen LogP contribution in [0.2, 0.25) is 10.0 Å². The molecule has 0 atom stereocenters. The molecule has 0 radical (unpaired) electrons. The summed E-state index contributed by atoms with van der Waals surface area (Å²) in [6.45, 7) is 2.49. The summed E-state index contributed by atoms with van der Waals surface area (Å²) in [5, 5.41) is 4.94. The molecule has 2 aromatic carbocycles.